The molecule has 0 aromatic carbocycles. The summed E-state index contributed by atoms with van der Waals surface area (Å²) in [7, 11) is 0. The summed E-state index contributed by atoms with van der Waals surface area (Å²) in [5.74, 6) is -1.47. The quantitative estimate of drug-likeness (QED) is 0.747. The summed E-state index contributed by atoms with van der Waals surface area (Å²) in [5, 5.41) is 18.3. The summed E-state index contributed by atoms with van der Waals surface area (Å²) in [6.45, 7) is 0. The fourth-order valence-corrected chi connectivity index (χ4v) is 3.93. The van der Waals surface area contributed by atoms with Crippen LogP contribution in [0.2, 0.25) is 0 Å². The first-order valence-corrected chi connectivity index (χ1v) is 5.93. The van der Waals surface area contributed by atoms with Crippen molar-refractivity contribution in [2.45, 2.75) is 44.9 Å². The first-order valence-electron chi connectivity index (χ1n) is 5.93. The maximum absolute atomic E-state index is 11.4. The van der Waals surface area contributed by atoms with Crippen LogP contribution >= 0.6 is 0 Å². The fraction of sp³-hybridized carbons (Fsp3) is 0.833. The lowest BCUT2D eigenvalue weighted by atomic mass is 9.71. The van der Waals surface area contributed by atoms with Crippen LogP contribution in [0.15, 0.2) is 0 Å². The SMILES string of the molecule is O=C(O)CC1(C2(C3(C(=O)O)CC3)CC2)CC1. The van der Waals surface area contributed by atoms with E-state index in [2.05, 4.69) is 0 Å². The van der Waals surface area contributed by atoms with Crippen molar-refractivity contribution < 1.29 is 19.8 Å². The van der Waals surface area contributed by atoms with Crippen LogP contribution in [0.5, 0.6) is 0 Å². The number of carboxylic acid groups (broad SMARTS) is 2. The van der Waals surface area contributed by atoms with E-state index in [1.165, 1.54) is 0 Å². The maximum atomic E-state index is 11.4. The maximum Gasteiger partial charge on any atom is 0.310 e. The zero-order valence-electron chi connectivity index (χ0n) is 9.16. The molecule has 3 fully saturated rings. The molecule has 0 saturated heterocycles. The molecule has 0 aromatic heterocycles. The second kappa shape index (κ2) is 2.60. The van der Waals surface area contributed by atoms with E-state index in [-0.39, 0.29) is 17.3 Å². The molecule has 3 rings (SSSR count). The van der Waals surface area contributed by atoms with E-state index in [1.807, 2.05) is 0 Å². The Hall–Kier alpha value is -1.06. The summed E-state index contributed by atoms with van der Waals surface area (Å²) < 4.78 is 0. The van der Waals surface area contributed by atoms with Crippen LogP contribution in [0.3, 0.4) is 0 Å². The van der Waals surface area contributed by atoms with E-state index in [0.29, 0.717) is 0 Å². The van der Waals surface area contributed by atoms with Gasteiger partial charge in [0.2, 0.25) is 0 Å². The van der Waals surface area contributed by atoms with Gasteiger partial charge in [-0.15, -0.1) is 0 Å². The van der Waals surface area contributed by atoms with E-state index in [4.69, 9.17) is 5.11 Å². The zero-order valence-corrected chi connectivity index (χ0v) is 9.16. The Labute approximate surface area is 93.6 Å². The number of rotatable bonds is 5. The lowest BCUT2D eigenvalue weighted by molar-refractivity contribution is -0.150. The van der Waals surface area contributed by atoms with Gasteiger partial charge in [0, 0.05) is 0 Å². The lowest BCUT2D eigenvalue weighted by Gasteiger charge is -2.31. The third-order valence-corrected chi connectivity index (χ3v) is 5.18. The molecule has 0 aromatic rings. The van der Waals surface area contributed by atoms with Crippen LogP contribution in [0.1, 0.15) is 44.9 Å². The van der Waals surface area contributed by atoms with E-state index in [0.717, 1.165) is 38.5 Å². The van der Waals surface area contributed by atoms with Crippen molar-refractivity contribution in [3.05, 3.63) is 0 Å². The second-order valence-electron chi connectivity index (χ2n) is 5.82. The van der Waals surface area contributed by atoms with Crippen molar-refractivity contribution in [3.8, 4) is 0 Å². The van der Waals surface area contributed by atoms with Gasteiger partial charge in [0.25, 0.3) is 0 Å². The molecule has 0 amide bonds. The van der Waals surface area contributed by atoms with Gasteiger partial charge in [-0.05, 0) is 49.4 Å². The molecular formula is C12H16O4. The molecule has 0 aliphatic heterocycles. The van der Waals surface area contributed by atoms with Gasteiger partial charge in [0.05, 0.1) is 11.8 Å². The Morgan fingerprint density at radius 2 is 1.50 bits per heavy atom. The number of hydrogen-bond acceptors (Lipinski definition) is 2. The van der Waals surface area contributed by atoms with Gasteiger partial charge >= 0.3 is 11.9 Å². The van der Waals surface area contributed by atoms with Crippen molar-refractivity contribution in [1.82, 2.24) is 0 Å². The van der Waals surface area contributed by atoms with Crippen LogP contribution in [0.4, 0.5) is 0 Å². The second-order valence-corrected chi connectivity index (χ2v) is 5.82. The molecule has 4 heteroatoms. The summed E-state index contributed by atoms with van der Waals surface area (Å²) in [5.41, 5.74) is -0.892. The van der Waals surface area contributed by atoms with Crippen LogP contribution < -0.4 is 0 Å². The van der Waals surface area contributed by atoms with Crippen LogP contribution in [0.25, 0.3) is 0 Å². The number of hydrogen-bond donors (Lipinski definition) is 2. The Bertz CT molecular complexity index is 372. The van der Waals surface area contributed by atoms with Gasteiger partial charge in [-0.3, -0.25) is 9.59 Å². The average Bonchev–Trinajstić information content (AvgIpc) is 3.01. The van der Waals surface area contributed by atoms with E-state index >= 15 is 0 Å². The minimum absolute atomic E-state index is 0.162. The minimum Gasteiger partial charge on any atom is -0.481 e. The molecule has 3 aliphatic rings. The molecule has 0 atom stereocenters. The van der Waals surface area contributed by atoms with Gasteiger partial charge in [-0.25, -0.2) is 0 Å². The monoisotopic (exact) mass is 224 g/mol. The fourth-order valence-electron chi connectivity index (χ4n) is 3.93. The molecule has 88 valence electrons. The highest BCUT2D eigenvalue weighted by Gasteiger charge is 2.79. The predicted octanol–water partition coefficient (Wildman–Crippen LogP) is 1.89. The van der Waals surface area contributed by atoms with Crippen molar-refractivity contribution in [1.29, 1.82) is 0 Å². The van der Waals surface area contributed by atoms with Gasteiger partial charge in [0.15, 0.2) is 0 Å². The van der Waals surface area contributed by atoms with Crippen molar-refractivity contribution in [2.75, 3.05) is 0 Å². The van der Waals surface area contributed by atoms with Crippen molar-refractivity contribution >= 4 is 11.9 Å². The summed E-state index contributed by atoms with van der Waals surface area (Å²) in [6.07, 6.45) is 5.34. The van der Waals surface area contributed by atoms with Crippen LogP contribution in [-0.4, -0.2) is 22.2 Å². The zero-order chi connectivity index (χ0) is 11.6. The summed E-state index contributed by atoms with van der Waals surface area (Å²) in [6, 6.07) is 0. The molecule has 3 aliphatic carbocycles. The third-order valence-electron chi connectivity index (χ3n) is 5.18. The molecule has 4 nitrogen and oxygen atoms in total. The van der Waals surface area contributed by atoms with Crippen LogP contribution in [0, 0.1) is 16.2 Å². The van der Waals surface area contributed by atoms with Gasteiger partial charge in [-0.1, -0.05) is 0 Å². The highest BCUT2D eigenvalue weighted by atomic mass is 16.4. The average molecular weight is 224 g/mol. The predicted molar refractivity (Wildman–Crippen MR) is 54.9 cm³/mol. The van der Waals surface area contributed by atoms with Gasteiger partial charge in [0.1, 0.15) is 0 Å². The molecule has 0 bridgehead atoms. The standard InChI is InChI=1S/C12H16O4/c13-8(14)7-10(1-2-10)12(5-6-12)11(3-4-11)9(15)16/h1-7H2,(H,13,14)(H,15,16). The highest BCUT2D eigenvalue weighted by Crippen LogP contribution is 2.83. The Morgan fingerprint density at radius 1 is 0.938 bits per heavy atom. The Balaban J connectivity index is 1.89. The topological polar surface area (TPSA) is 74.6 Å². The third kappa shape index (κ3) is 1.00. The molecule has 16 heavy (non-hydrogen) atoms. The molecule has 0 radical (unpaired) electrons. The number of aliphatic carboxylic acids is 2. The molecule has 3 saturated carbocycles. The number of carbonyl (C=O) groups is 2. The Kier molecular flexibility index (Phi) is 1.65. The van der Waals surface area contributed by atoms with E-state index < -0.39 is 17.4 Å². The van der Waals surface area contributed by atoms with Crippen molar-refractivity contribution in [2.24, 2.45) is 16.2 Å². The van der Waals surface area contributed by atoms with Crippen molar-refractivity contribution in [3.63, 3.8) is 0 Å². The normalized spacial score (nSPS) is 30.5. The Morgan fingerprint density at radius 3 is 1.75 bits per heavy atom. The highest BCUT2D eigenvalue weighted by molar-refractivity contribution is 5.80. The minimum atomic E-state index is -0.773. The first-order chi connectivity index (χ1) is 7.48. The molecule has 0 heterocycles. The largest absolute Gasteiger partial charge is 0.481 e. The first kappa shape index (κ1) is 10.1. The summed E-state index contributed by atoms with van der Waals surface area (Å²) >= 11 is 0. The molecular weight excluding hydrogens is 208 g/mol. The number of carboxylic acids is 2. The van der Waals surface area contributed by atoms with E-state index in [9.17, 15) is 14.7 Å². The smallest absolute Gasteiger partial charge is 0.310 e. The lowest BCUT2D eigenvalue weighted by Crippen LogP contribution is -2.35. The molecule has 0 spiro atoms. The van der Waals surface area contributed by atoms with Gasteiger partial charge in [-0.2, -0.15) is 0 Å². The van der Waals surface area contributed by atoms with E-state index in [1.54, 1.807) is 0 Å². The van der Waals surface area contributed by atoms with Crippen LogP contribution in [-0.2, 0) is 9.59 Å². The molecule has 2 N–H and O–H groups in total. The summed E-state index contributed by atoms with van der Waals surface area (Å²) in [4.78, 5) is 22.3. The van der Waals surface area contributed by atoms with Gasteiger partial charge < -0.3 is 10.2 Å². The molecule has 0 unspecified atom stereocenters.